The average molecular weight is 345 g/mol. The third-order valence-corrected chi connectivity index (χ3v) is 3.69. The van der Waals surface area contributed by atoms with Crippen molar-refractivity contribution in [2.24, 2.45) is 0 Å². The van der Waals surface area contributed by atoms with Crippen LogP contribution in [0.5, 0.6) is 11.5 Å². The van der Waals surface area contributed by atoms with E-state index in [2.05, 4.69) is 0 Å². The minimum absolute atomic E-state index is 0.108. The number of rotatable bonds is 5. The zero-order valence-corrected chi connectivity index (χ0v) is 13.6. The summed E-state index contributed by atoms with van der Waals surface area (Å²) in [5, 5.41) is 17.8. The number of hydrogen-bond acceptors (Lipinski definition) is 4. The second-order valence-corrected chi connectivity index (χ2v) is 4.99. The molecule has 4 nitrogen and oxygen atoms in total. The van der Waals surface area contributed by atoms with Crippen LogP contribution in [0.15, 0.2) is 24.3 Å². The fourth-order valence-corrected chi connectivity index (χ4v) is 2.42. The third-order valence-electron chi connectivity index (χ3n) is 3.69. The van der Waals surface area contributed by atoms with Crippen LogP contribution in [0.2, 0.25) is 0 Å². The number of ether oxygens (including phenoxy) is 1. The Hall–Kier alpha value is -3.19. The average Bonchev–Trinajstić information content (AvgIpc) is 2.63. The third kappa shape index (κ3) is 3.22. The van der Waals surface area contributed by atoms with Crippen LogP contribution in [0, 0.1) is 40.1 Å². The summed E-state index contributed by atoms with van der Waals surface area (Å²) < 4.78 is 47.9. The number of para-hydroxylation sites is 2. The van der Waals surface area contributed by atoms with Crippen LogP contribution in [-0.4, -0.2) is 13.1 Å². The molecule has 0 N–H and O–H groups in total. The van der Waals surface area contributed by atoms with Gasteiger partial charge < -0.3 is 9.64 Å². The maximum absolute atomic E-state index is 14.4. The van der Waals surface area contributed by atoms with Gasteiger partial charge in [0.05, 0.1) is 5.69 Å². The van der Waals surface area contributed by atoms with Crippen LogP contribution in [0.3, 0.4) is 0 Å². The van der Waals surface area contributed by atoms with E-state index in [1.807, 2.05) is 18.7 Å². The summed E-state index contributed by atoms with van der Waals surface area (Å²) in [4.78, 5) is 1.89. The lowest BCUT2D eigenvalue weighted by Gasteiger charge is -2.24. The van der Waals surface area contributed by atoms with E-state index in [9.17, 15) is 13.2 Å². The molecule has 0 aliphatic carbocycles. The van der Waals surface area contributed by atoms with Crippen LogP contribution in [0.1, 0.15) is 25.0 Å². The second kappa shape index (κ2) is 7.59. The highest BCUT2D eigenvalue weighted by atomic mass is 19.2. The second-order valence-electron chi connectivity index (χ2n) is 4.99. The van der Waals surface area contributed by atoms with Gasteiger partial charge in [0.2, 0.25) is 11.6 Å². The van der Waals surface area contributed by atoms with E-state index in [1.54, 1.807) is 18.2 Å². The highest BCUT2D eigenvalue weighted by Gasteiger charge is 2.27. The Morgan fingerprint density at radius 1 is 0.920 bits per heavy atom. The largest absolute Gasteiger partial charge is 0.449 e. The molecule has 0 saturated heterocycles. The van der Waals surface area contributed by atoms with Gasteiger partial charge in [-0.3, -0.25) is 0 Å². The van der Waals surface area contributed by atoms with Crippen molar-refractivity contribution in [3.8, 4) is 23.6 Å². The van der Waals surface area contributed by atoms with Crippen molar-refractivity contribution in [2.75, 3.05) is 18.0 Å². The smallest absolute Gasteiger partial charge is 0.205 e. The van der Waals surface area contributed by atoms with Gasteiger partial charge in [0.1, 0.15) is 23.3 Å². The summed E-state index contributed by atoms with van der Waals surface area (Å²) in [6.45, 7) is 5.03. The van der Waals surface area contributed by atoms with Crippen molar-refractivity contribution in [3.05, 3.63) is 52.8 Å². The Labute approximate surface area is 143 Å². The molecule has 2 aromatic rings. The maximum Gasteiger partial charge on any atom is 0.205 e. The summed E-state index contributed by atoms with van der Waals surface area (Å²) in [5.74, 6) is -5.62. The van der Waals surface area contributed by atoms with E-state index in [1.165, 1.54) is 18.2 Å². The molecule has 0 bridgehead atoms. The lowest BCUT2D eigenvalue weighted by molar-refractivity contribution is 0.385. The number of nitrogens with zero attached hydrogens (tertiary/aromatic N) is 3. The standard InChI is InChI=1S/C18H14F3N3O/c1-3-24(4-2)13-7-5-6-8-14(13)25-18-16(20)12(10-23)11(9-22)15(19)17(18)21/h5-8H,3-4H2,1-2H3. The van der Waals surface area contributed by atoms with E-state index < -0.39 is 34.3 Å². The van der Waals surface area contributed by atoms with Gasteiger partial charge in [0, 0.05) is 13.1 Å². The summed E-state index contributed by atoms with van der Waals surface area (Å²) in [6, 6.07) is 9.18. The van der Waals surface area contributed by atoms with Crippen LogP contribution in [0.25, 0.3) is 0 Å². The number of benzene rings is 2. The van der Waals surface area contributed by atoms with Crippen LogP contribution >= 0.6 is 0 Å². The first-order valence-electron chi connectivity index (χ1n) is 7.52. The molecule has 0 radical (unpaired) electrons. The fourth-order valence-electron chi connectivity index (χ4n) is 2.42. The van der Waals surface area contributed by atoms with Gasteiger partial charge >= 0.3 is 0 Å². The van der Waals surface area contributed by atoms with E-state index in [0.717, 1.165) is 0 Å². The number of halogens is 3. The topological polar surface area (TPSA) is 60.0 Å². The highest BCUT2D eigenvalue weighted by Crippen LogP contribution is 2.37. The lowest BCUT2D eigenvalue weighted by Crippen LogP contribution is -2.22. The molecular formula is C18H14F3N3O. The van der Waals surface area contributed by atoms with Crippen molar-refractivity contribution >= 4 is 5.69 Å². The minimum atomic E-state index is -1.65. The van der Waals surface area contributed by atoms with Crippen molar-refractivity contribution in [1.82, 2.24) is 0 Å². The summed E-state index contributed by atoms with van der Waals surface area (Å²) in [7, 11) is 0. The van der Waals surface area contributed by atoms with Gasteiger partial charge in [-0.1, -0.05) is 12.1 Å². The molecule has 0 spiro atoms. The SMILES string of the molecule is CCN(CC)c1ccccc1Oc1c(F)c(F)c(C#N)c(C#N)c1F. The number of anilines is 1. The molecule has 0 aliphatic heterocycles. The molecule has 7 heteroatoms. The molecule has 0 aromatic heterocycles. The lowest BCUT2D eigenvalue weighted by atomic mass is 10.1. The quantitative estimate of drug-likeness (QED) is 0.749. The van der Waals surface area contributed by atoms with Crippen molar-refractivity contribution in [1.29, 1.82) is 10.5 Å². The monoisotopic (exact) mass is 345 g/mol. The summed E-state index contributed by atoms with van der Waals surface area (Å²) in [5.41, 5.74) is -1.31. The van der Waals surface area contributed by atoms with Gasteiger partial charge in [0.25, 0.3) is 0 Å². The molecule has 0 atom stereocenters. The van der Waals surface area contributed by atoms with Gasteiger partial charge in [-0.15, -0.1) is 0 Å². The Morgan fingerprint density at radius 2 is 1.48 bits per heavy atom. The highest BCUT2D eigenvalue weighted by molar-refractivity contribution is 5.60. The molecule has 2 rings (SSSR count). The van der Waals surface area contributed by atoms with Crippen LogP contribution in [-0.2, 0) is 0 Å². The Balaban J connectivity index is 2.63. The number of nitriles is 2. The van der Waals surface area contributed by atoms with E-state index >= 15 is 0 Å². The molecule has 25 heavy (non-hydrogen) atoms. The Morgan fingerprint density at radius 3 is 2.04 bits per heavy atom. The maximum atomic E-state index is 14.4. The summed E-state index contributed by atoms with van der Waals surface area (Å²) >= 11 is 0. The molecule has 0 unspecified atom stereocenters. The molecule has 0 saturated carbocycles. The Kier molecular flexibility index (Phi) is 5.51. The minimum Gasteiger partial charge on any atom is -0.449 e. The molecule has 0 fully saturated rings. The first kappa shape index (κ1) is 18.2. The number of hydrogen-bond donors (Lipinski definition) is 0. The molecule has 128 valence electrons. The van der Waals surface area contributed by atoms with Crippen molar-refractivity contribution < 1.29 is 17.9 Å². The van der Waals surface area contributed by atoms with Crippen molar-refractivity contribution in [3.63, 3.8) is 0 Å². The zero-order valence-electron chi connectivity index (χ0n) is 13.6. The fraction of sp³-hybridized carbons (Fsp3) is 0.222. The first-order valence-corrected chi connectivity index (χ1v) is 7.52. The van der Waals surface area contributed by atoms with Gasteiger partial charge in [-0.25, -0.2) is 8.78 Å². The van der Waals surface area contributed by atoms with Gasteiger partial charge in [0.15, 0.2) is 17.4 Å². The molecule has 0 amide bonds. The van der Waals surface area contributed by atoms with E-state index in [4.69, 9.17) is 15.3 Å². The molecule has 0 heterocycles. The predicted octanol–water partition coefficient (Wildman–Crippen LogP) is 4.49. The molecular weight excluding hydrogens is 331 g/mol. The predicted molar refractivity (Wildman–Crippen MR) is 85.8 cm³/mol. The summed E-state index contributed by atoms with van der Waals surface area (Å²) in [6.07, 6.45) is 0. The van der Waals surface area contributed by atoms with E-state index in [0.29, 0.717) is 18.8 Å². The van der Waals surface area contributed by atoms with E-state index in [-0.39, 0.29) is 5.75 Å². The van der Waals surface area contributed by atoms with Crippen LogP contribution in [0.4, 0.5) is 18.9 Å². The van der Waals surface area contributed by atoms with Crippen LogP contribution < -0.4 is 9.64 Å². The normalized spacial score (nSPS) is 10.0. The Bertz CT molecular complexity index is 881. The van der Waals surface area contributed by atoms with Gasteiger partial charge in [-0.2, -0.15) is 14.9 Å². The first-order chi connectivity index (χ1) is 12.0. The molecule has 2 aromatic carbocycles. The van der Waals surface area contributed by atoms with Crippen molar-refractivity contribution in [2.45, 2.75) is 13.8 Å². The molecule has 0 aliphatic rings. The van der Waals surface area contributed by atoms with Gasteiger partial charge in [-0.05, 0) is 26.0 Å². The zero-order chi connectivity index (χ0) is 18.6.